The highest BCUT2D eigenvalue weighted by molar-refractivity contribution is 5.79. The van der Waals surface area contributed by atoms with Crippen molar-refractivity contribution >= 4 is 5.57 Å². The summed E-state index contributed by atoms with van der Waals surface area (Å²) in [5, 5.41) is 9.50. The Labute approximate surface area is 162 Å². The minimum Gasteiger partial charge on any atom is -0.508 e. The van der Waals surface area contributed by atoms with Crippen LogP contribution in [0.2, 0.25) is 0 Å². The van der Waals surface area contributed by atoms with E-state index in [2.05, 4.69) is 54.7 Å². The standard InChI is InChI=1S/C14H14O2.C4H10.2C3H8/c1-8-5-6-12-9(2)14(10(3)15)11(4)16-13(12)7-8;1-3-4-2;2*1-3-2/h5-7,15H,3-4H2,1-2H3;3-4H2,1-2H3;2*3H2,1-2H3. The quantitative estimate of drug-likeness (QED) is 0.536. The van der Waals surface area contributed by atoms with Crippen LogP contribution in [0.3, 0.4) is 0 Å². The zero-order valence-corrected chi connectivity index (χ0v) is 18.3. The molecule has 0 amide bonds. The van der Waals surface area contributed by atoms with Gasteiger partial charge in [0.15, 0.2) is 0 Å². The van der Waals surface area contributed by atoms with Gasteiger partial charge in [0.05, 0.1) is 5.57 Å². The normalized spacial score (nSPS) is 11.5. The fraction of sp³-hybridized carbons (Fsp3) is 0.500. The Morgan fingerprint density at radius 2 is 1.42 bits per heavy atom. The molecule has 26 heavy (non-hydrogen) atoms. The molecule has 0 aliphatic carbocycles. The van der Waals surface area contributed by atoms with Crippen molar-refractivity contribution in [3.05, 3.63) is 59.6 Å². The van der Waals surface area contributed by atoms with Crippen molar-refractivity contribution in [1.82, 2.24) is 0 Å². The van der Waals surface area contributed by atoms with E-state index in [0.717, 1.165) is 22.4 Å². The average Bonchev–Trinajstić information content (AvgIpc) is 2.55. The summed E-state index contributed by atoms with van der Waals surface area (Å²) in [5.74, 6) is 1.23. The lowest BCUT2D eigenvalue weighted by molar-refractivity contribution is 0.390. The van der Waals surface area contributed by atoms with Crippen LogP contribution < -0.4 is 4.74 Å². The fourth-order valence-electron chi connectivity index (χ4n) is 1.93. The van der Waals surface area contributed by atoms with E-state index < -0.39 is 0 Å². The van der Waals surface area contributed by atoms with Gasteiger partial charge in [0, 0.05) is 5.56 Å². The van der Waals surface area contributed by atoms with E-state index in [1.807, 2.05) is 32.0 Å². The molecule has 0 radical (unpaired) electrons. The molecule has 1 aliphatic rings. The maximum absolute atomic E-state index is 9.50. The molecule has 1 N–H and O–H groups in total. The van der Waals surface area contributed by atoms with Crippen LogP contribution in [0.25, 0.3) is 5.57 Å². The molecule has 0 atom stereocenters. The van der Waals surface area contributed by atoms with Crippen molar-refractivity contribution < 1.29 is 9.84 Å². The molecular weight excluding hydrogens is 320 g/mol. The topological polar surface area (TPSA) is 29.5 Å². The molecule has 0 saturated heterocycles. The molecular formula is C24H40O2. The third kappa shape index (κ3) is 9.50. The number of ether oxygens (including phenoxy) is 1. The van der Waals surface area contributed by atoms with Crippen LogP contribution in [-0.4, -0.2) is 5.11 Å². The van der Waals surface area contributed by atoms with Gasteiger partial charge < -0.3 is 9.84 Å². The smallest absolute Gasteiger partial charge is 0.135 e. The zero-order valence-electron chi connectivity index (χ0n) is 18.3. The van der Waals surface area contributed by atoms with Gasteiger partial charge in [-0.3, -0.25) is 0 Å². The lowest BCUT2D eigenvalue weighted by Gasteiger charge is -2.23. The molecule has 0 aromatic heterocycles. The van der Waals surface area contributed by atoms with Crippen molar-refractivity contribution in [1.29, 1.82) is 0 Å². The summed E-state index contributed by atoms with van der Waals surface area (Å²) in [7, 11) is 0. The Morgan fingerprint density at radius 1 is 0.962 bits per heavy atom. The van der Waals surface area contributed by atoms with Gasteiger partial charge in [0.1, 0.15) is 17.3 Å². The summed E-state index contributed by atoms with van der Waals surface area (Å²) < 4.78 is 5.58. The summed E-state index contributed by atoms with van der Waals surface area (Å²) in [6.07, 6.45) is 5.14. The van der Waals surface area contributed by atoms with Gasteiger partial charge >= 0.3 is 0 Å². The Morgan fingerprint density at radius 3 is 1.81 bits per heavy atom. The predicted molar refractivity (Wildman–Crippen MR) is 118 cm³/mol. The predicted octanol–water partition coefficient (Wildman–Crippen LogP) is 8.39. The summed E-state index contributed by atoms with van der Waals surface area (Å²) in [6, 6.07) is 5.95. The van der Waals surface area contributed by atoms with Crippen molar-refractivity contribution in [2.45, 2.75) is 81.1 Å². The molecule has 2 rings (SSSR count). The van der Waals surface area contributed by atoms with Crippen LogP contribution in [0, 0.1) is 6.92 Å². The number of benzene rings is 1. The summed E-state index contributed by atoms with van der Waals surface area (Å²) in [6.45, 7) is 24.1. The maximum atomic E-state index is 9.50. The number of hydrogen-bond donors (Lipinski definition) is 1. The van der Waals surface area contributed by atoms with E-state index in [4.69, 9.17) is 4.74 Å². The lowest BCUT2D eigenvalue weighted by Crippen LogP contribution is -2.09. The highest BCUT2D eigenvalue weighted by Gasteiger charge is 2.22. The Kier molecular flexibility index (Phi) is 15.5. The summed E-state index contributed by atoms with van der Waals surface area (Å²) >= 11 is 0. The number of allylic oxidation sites excluding steroid dienone is 1. The fourth-order valence-corrected chi connectivity index (χ4v) is 1.93. The molecule has 0 unspecified atom stereocenters. The number of unbranched alkanes of at least 4 members (excludes halogenated alkanes) is 1. The van der Waals surface area contributed by atoms with Gasteiger partial charge in [0.25, 0.3) is 0 Å². The molecule has 0 spiro atoms. The van der Waals surface area contributed by atoms with E-state index in [-0.39, 0.29) is 5.76 Å². The molecule has 1 aromatic carbocycles. The van der Waals surface area contributed by atoms with Gasteiger partial charge in [-0.1, -0.05) is 92.5 Å². The van der Waals surface area contributed by atoms with Crippen LogP contribution in [-0.2, 0) is 0 Å². The first-order valence-electron chi connectivity index (χ1n) is 9.82. The molecule has 1 aliphatic heterocycles. The van der Waals surface area contributed by atoms with Crippen molar-refractivity contribution in [2.75, 3.05) is 0 Å². The second-order valence-electron chi connectivity index (χ2n) is 6.39. The minimum atomic E-state index is -0.00581. The van der Waals surface area contributed by atoms with Gasteiger partial charge in [0.2, 0.25) is 0 Å². The van der Waals surface area contributed by atoms with Crippen LogP contribution in [0.1, 0.15) is 85.3 Å². The van der Waals surface area contributed by atoms with E-state index in [1.54, 1.807) is 0 Å². The molecule has 0 bridgehead atoms. The number of aryl methyl sites for hydroxylation is 1. The van der Waals surface area contributed by atoms with E-state index in [9.17, 15) is 5.11 Å². The molecule has 148 valence electrons. The SMILES string of the molecule is C=C(O)C1=C(C)c2ccc(C)cc2OC1=C.CCC.CCC.CCCC. The molecule has 0 saturated carbocycles. The Balaban J connectivity index is 0. The third-order valence-corrected chi connectivity index (χ3v) is 3.22. The third-order valence-electron chi connectivity index (χ3n) is 3.22. The van der Waals surface area contributed by atoms with E-state index in [0.29, 0.717) is 11.3 Å². The first-order valence-corrected chi connectivity index (χ1v) is 9.82. The largest absolute Gasteiger partial charge is 0.508 e. The number of fused-ring (bicyclic) bond motifs is 1. The number of aliphatic hydroxyl groups excluding tert-OH is 1. The van der Waals surface area contributed by atoms with Gasteiger partial charge in [-0.25, -0.2) is 0 Å². The second-order valence-corrected chi connectivity index (χ2v) is 6.39. The van der Waals surface area contributed by atoms with Crippen LogP contribution in [0.15, 0.2) is 48.4 Å². The van der Waals surface area contributed by atoms with Crippen molar-refractivity contribution in [3.8, 4) is 5.75 Å². The second kappa shape index (κ2) is 15.3. The maximum Gasteiger partial charge on any atom is 0.135 e. The van der Waals surface area contributed by atoms with Gasteiger partial charge in [-0.15, -0.1) is 0 Å². The highest BCUT2D eigenvalue weighted by Crippen LogP contribution is 2.39. The van der Waals surface area contributed by atoms with Crippen LogP contribution in [0.5, 0.6) is 5.75 Å². The van der Waals surface area contributed by atoms with Gasteiger partial charge in [-0.2, -0.15) is 0 Å². The van der Waals surface area contributed by atoms with Crippen molar-refractivity contribution in [2.24, 2.45) is 0 Å². The van der Waals surface area contributed by atoms with E-state index >= 15 is 0 Å². The summed E-state index contributed by atoms with van der Waals surface area (Å²) in [5.41, 5.74) is 3.64. The zero-order chi connectivity index (χ0) is 20.7. The average molecular weight is 361 g/mol. The Hall–Kier alpha value is -1.96. The molecule has 2 nitrogen and oxygen atoms in total. The highest BCUT2D eigenvalue weighted by atomic mass is 16.5. The minimum absolute atomic E-state index is 0.00581. The van der Waals surface area contributed by atoms with Gasteiger partial charge in [-0.05, 0) is 31.1 Å². The van der Waals surface area contributed by atoms with Crippen LogP contribution in [0.4, 0.5) is 0 Å². The first-order chi connectivity index (χ1) is 12.2. The Bertz CT molecular complexity index is 576. The molecule has 1 aromatic rings. The molecule has 0 fully saturated rings. The molecule has 1 heterocycles. The van der Waals surface area contributed by atoms with Crippen molar-refractivity contribution in [3.63, 3.8) is 0 Å². The number of aliphatic hydroxyl groups is 1. The van der Waals surface area contributed by atoms with Crippen LogP contribution >= 0.6 is 0 Å². The number of hydrogen-bond acceptors (Lipinski definition) is 2. The lowest BCUT2D eigenvalue weighted by atomic mass is 9.95. The van der Waals surface area contributed by atoms with E-state index in [1.165, 1.54) is 25.7 Å². The molecule has 2 heteroatoms. The number of rotatable bonds is 2. The summed E-state index contributed by atoms with van der Waals surface area (Å²) in [4.78, 5) is 0. The monoisotopic (exact) mass is 360 g/mol. The first kappa shape index (κ1) is 26.3.